The molecule has 0 bridgehead atoms. The highest BCUT2D eigenvalue weighted by molar-refractivity contribution is 7.92. The molecule has 0 aliphatic heterocycles. The second-order valence-electron chi connectivity index (χ2n) is 6.22. The van der Waals surface area contributed by atoms with E-state index in [1.807, 2.05) is 6.07 Å². The Morgan fingerprint density at radius 3 is 2.41 bits per heavy atom. The van der Waals surface area contributed by atoms with Gasteiger partial charge in [-0.1, -0.05) is 12.1 Å². The maximum Gasteiger partial charge on any atom is 0.263 e. The number of carbonyl (C=O) groups excluding carboxylic acids is 1. The monoisotopic (exact) mass is 408 g/mol. The van der Waals surface area contributed by atoms with E-state index >= 15 is 0 Å². The fraction of sp³-hybridized carbons (Fsp3) is 0.0500. The average molecular weight is 408 g/mol. The number of amides is 1. The number of rotatable bonds is 5. The Bertz CT molecular complexity index is 1300. The van der Waals surface area contributed by atoms with Crippen LogP contribution in [-0.4, -0.2) is 24.3 Å². The predicted molar refractivity (Wildman–Crippen MR) is 108 cm³/mol. The van der Waals surface area contributed by atoms with Gasteiger partial charge in [0.2, 0.25) is 0 Å². The van der Waals surface area contributed by atoms with Crippen LogP contribution in [0.15, 0.2) is 76.4 Å². The number of hydrogen-bond donors (Lipinski definition) is 2. The van der Waals surface area contributed by atoms with Crippen LogP contribution in [0.4, 0.5) is 11.5 Å². The van der Waals surface area contributed by atoms with E-state index < -0.39 is 10.0 Å². The molecule has 2 heterocycles. The SMILES string of the molecule is Cc1occc1C(=O)Nc1ccc(S(=O)(=O)Nc2cnc3ccccc3n2)cc1. The molecule has 2 aromatic heterocycles. The van der Waals surface area contributed by atoms with Gasteiger partial charge in [0.15, 0.2) is 5.82 Å². The molecule has 0 atom stereocenters. The van der Waals surface area contributed by atoms with Crippen LogP contribution < -0.4 is 10.0 Å². The van der Waals surface area contributed by atoms with Gasteiger partial charge in [0.05, 0.1) is 34.0 Å². The lowest BCUT2D eigenvalue weighted by Gasteiger charge is -2.09. The lowest BCUT2D eigenvalue weighted by Crippen LogP contribution is -2.15. The van der Waals surface area contributed by atoms with E-state index in [9.17, 15) is 13.2 Å². The standard InChI is InChI=1S/C20H16N4O4S/c1-13-16(10-11-28-13)20(25)22-14-6-8-15(9-7-14)29(26,27)24-19-12-21-17-4-2-3-5-18(17)23-19/h2-12H,1H3,(H,22,25)(H,23,24). The Morgan fingerprint density at radius 2 is 1.72 bits per heavy atom. The molecule has 0 saturated heterocycles. The third kappa shape index (κ3) is 3.94. The van der Waals surface area contributed by atoms with Crippen LogP contribution in [0.2, 0.25) is 0 Å². The van der Waals surface area contributed by atoms with E-state index in [0.29, 0.717) is 28.0 Å². The molecule has 0 aliphatic carbocycles. The van der Waals surface area contributed by atoms with Crippen molar-refractivity contribution in [3.8, 4) is 0 Å². The highest BCUT2D eigenvalue weighted by Crippen LogP contribution is 2.19. The van der Waals surface area contributed by atoms with Crippen LogP contribution in [0.3, 0.4) is 0 Å². The van der Waals surface area contributed by atoms with E-state index in [-0.39, 0.29) is 16.6 Å². The van der Waals surface area contributed by atoms with E-state index in [1.165, 1.54) is 36.7 Å². The number of nitrogens with one attached hydrogen (secondary N) is 2. The normalized spacial score (nSPS) is 11.3. The molecule has 0 unspecified atom stereocenters. The number of benzene rings is 2. The highest BCUT2D eigenvalue weighted by atomic mass is 32.2. The Kier molecular flexibility index (Phi) is 4.73. The summed E-state index contributed by atoms with van der Waals surface area (Å²) in [7, 11) is -3.86. The summed E-state index contributed by atoms with van der Waals surface area (Å²) in [5, 5.41) is 2.70. The van der Waals surface area contributed by atoms with Gasteiger partial charge in [-0.3, -0.25) is 14.5 Å². The van der Waals surface area contributed by atoms with Crippen LogP contribution in [-0.2, 0) is 10.0 Å². The zero-order chi connectivity index (χ0) is 20.4. The number of aryl methyl sites for hydroxylation is 1. The summed E-state index contributed by atoms with van der Waals surface area (Å²) in [6.45, 7) is 1.69. The number of nitrogens with zero attached hydrogens (tertiary/aromatic N) is 2. The molecule has 8 nitrogen and oxygen atoms in total. The second kappa shape index (κ2) is 7.36. The minimum absolute atomic E-state index is 0.0324. The van der Waals surface area contributed by atoms with Crippen LogP contribution in [0.25, 0.3) is 11.0 Å². The van der Waals surface area contributed by atoms with Gasteiger partial charge in [0.1, 0.15) is 5.76 Å². The summed E-state index contributed by atoms with van der Waals surface area (Å²) in [5.41, 5.74) is 2.13. The van der Waals surface area contributed by atoms with Crippen molar-refractivity contribution in [2.24, 2.45) is 0 Å². The first-order valence-corrected chi connectivity index (χ1v) is 10.1. The lowest BCUT2D eigenvalue weighted by atomic mass is 10.2. The number of furan rings is 1. The van der Waals surface area contributed by atoms with Gasteiger partial charge < -0.3 is 9.73 Å². The summed E-state index contributed by atoms with van der Waals surface area (Å²) in [6, 6.07) is 14.5. The fourth-order valence-corrected chi connectivity index (χ4v) is 3.73. The summed E-state index contributed by atoms with van der Waals surface area (Å²) in [5.74, 6) is 0.287. The molecular weight excluding hydrogens is 392 g/mol. The Hall–Kier alpha value is -3.72. The summed E-state index contributed by atoms with van der Waals surface area (Å²) in [6.07, 6.45) is 2.79. The zero-order valence-corrected chi connectivity index (χ0v) is 16.1. The molecule has 0 spiro atoms. The maximum atomic E-state index is 12.6. The molecule has 4 aromatic rings. The zero-order valence-electron chi connectivity index (χ0n) is 15.3. The van der Waals surface area contributed by atoms with E-state index in [4.69, 9.17) is 4.42 Å². The van der Waals surface area contributed by atoms with Crippen molar-refractivity contribution in [2.45, 2.75) is 11.8 Å². The average Bonchev–Trinajstić information content (AvgIpc) is 3.14. The van der Waals surface area contributed by atoms with Crippen LogP contribution >= 0.6 is 0 Å². The first-order chi connectivity index (χ1) is 13.9. The third-order valence-corrected chi connectivity index (χ3v) is 5.58. The van der Waals surface area contributed by atoms with Crippen molar-refractivity contribution in [1.82, 2.24) is 9.97 Å². The van der Waals surface area contributed by atoms with Gasteiger partial charge in [-0.2, -0.15) is 0 Å². The maximum absolute atomic E-state index is 12.6. The van der Waals surface area contributed by atoms with Crippen LogP contribution in [0.1, 0.15) is 16.1 Å². The molecule has 0 aliphatic rings. The predicted octanol–water partition coefficient (Wildman–Crippen LogP) is 3.58. The highest BCUT2D eigenvalue weighted by Gasteiger charge is 2.16. The number of sulfonamides is 1. The molecule has 29 heavy (non-hydrogen) atoms. The van der Waals surface area contributed by atoms with Crippen molar-refractivity contribution in [3.63, 3.8) is 0 Å². The van der Waals surface area contributed by atoms with Gasteiger partial charge in [0, 0.05) is 5.69 Å². The number of anilines is 2. The van der Waals surface area contributed by atoms with E-state index in [0.717, 1.165) is 0 Å². The first kappa shape index (κ1) is 18.6. The summed E-state index contributed by atoms with van der Waals surface area (Å²) in [4.78, 5) is 20.7. The van der Waals surface area contributed by atoms with Crippen molar-refractivity contribution in [2.75, 3.05) is 10.0 Å². The number of aromatic nitrogens is 2. The van der Waals surface area contributed by atoms with Crippen LogP contribution in [0, 0.1) is 6.92 Å². The molecule has 4 rings (SSSR count). The topological polar surface area (TPSA) is 114 Å². The number of para-hydroxylation sites is 2. The molecule has 2 N–H and O–H groups in total. The minimum atomic E-state index is -3.86. The summed E-state index contributed by atoms with van der Waals surface area (Å²) >= 11 is 0. The van der Waals surface area contributed by atoms with Crippen molar-refractivity contribution >= 4 is 38.5 Å². The molecule has 0 saturated carbocycles. The minimum Gasteiger partial charge on any atom is -0.469 e. The Labute approximate surface area is 166 Å². The molecular formula is C20H16N4O4S. The molecule has 2 aromatic carbocycles. The quantitative estimate of drug-likeness (QED) is 0.522. The molecule has 9 heteroatoms. The molecule has 146 valence electrons. The van der Waals surface area contributed by atoms with Gasteiger partial charge in [-0.15, -0.1) is 0 Å². The summed E-state index contributed by atoms with van der Waals surface area (Å²) < 4.78 is 32.8. The van der Waals surface area contributed by atoms with Crippen molar-refractivity contribution < 1.29 is 17.6 Å². The molecule has 1 amide bonds. The number of carbonyl (C=O) groups is 1. The molecule has 0 radical (unpaired) electrons. The number of fused-ring (bicyclic) bond motifs is 1. The van der Waals surface area contributed by atoms with E-state index in [2.05, 4.69) is 20.0 Å². The van der Waals surface area contributed by atoms with Gasteiger partial charge >= 0.3 is 0 Å². The van der Waals surface area contributed by atoms with Crippen molar-refractivity contribution in [1.29, 1.82) is 0 Å². The van der Waals surface area contributed by atoms with Gasteiger partial charge in [-0.05, 0) is 49.4 Å². The number of hydrogen-bond acceptors (Lipinski definition) is 6. The Balaban J connectivity index is 1.51. The fourth-order valence-electron chi connectivity index (χ4n) is 2.74. The molecule has 0 fully saturated rings. The van der Waals surface area contributed by atoms with E-state index in [1.54, 1.807) is 31.2 Å². The largest absolute Gasteiger partial charge is 0.469 e. The van der Waals surface area contributed by atoms with Crippen LogP contribution in [0.5, 0.6) is 0 Å². The van der Waals surface area contributed by atoms with Gasteiger partial charge in [-0.25, -0.2) is 13.4 Å². The van der Waals surface area contributed by atoms with Gasteiger partial charge in [0.25, 0.3) is 15.9 Å². The Morgan fingerprint density at radius 1 is 1.00 bits per heavy atom. The lowest BCUT2D eigenvalue weighted by molar-refractivity contribution is 0.102. The first-order valence-electron chi connectivity index (χ1n) is 8.62. The van der Waals surface area contributed by atoms with Crippen molar-refractivity contribution in [3.05, 3.63) is 78.4 Å². The third-order valence-electron chi connectivity index (χ3n) is 4.21. The smallest absolute Gasteiger partial charge is 0.263 e. The second-order valence-corrected chi connectivity index (χ2v) is 7.90.